The summed E-state index contributed by atoms with van der Waals surface area (Å²) in [6.45, 7) is 6.08. The highest BCUT2D eigenvalue weighted by Gasteiger charge is 2.45. The number of piperidine rings is 1. The zero-order valence-corrected chi connectivity index (χ0v) is 15.4. The number of pyridine rings is 1. The lowest BCUT2D eigenvalue weighted by Gasteiger charge is -2.57. The fourth-order valence-corrected chi connectivity index (χ4v) is 4.20. The van der Waals surface area contributed by atoms with Gasteiger partial charge in [0, 0.05) is 36.4 Å². The van der Waals surface area contributed by atoms with Crippen molar-refractivity contribution >= 4 is 23.3 Å². The van der Waals surface area contributed by atoms with E-state index in [9.17, 15) is 0 Å². The van der Waals surface area contributed by atoms with Crippen molar-refractivity contribution in [3.63, 3.8) is 0 Å². The van der Waals surface area contributed by atoms with Gasteiger partial charge >= 0.3 is 0 Å². The zero-order chi connectivity index (χ0) is 17.6. The second-order valence-corrected chi connectivity index (χ2v) is 7.39. The van der Waals surface area contributed by atoms with Crippen molar-refractivity contribution < 1.29 is 0 Å². The highest BCUT2D eigenvalue weighted by Crippen LogP contribution is 2.38. The molecule has 128 valence electrons. The van der Waals surface area contributed by atoms with Crippen molar-refractivity contribution in [2.75, 3.05) is 29.1 Å². The normalized spacial score (nSPS) is 21.7. The molecule has 0 saturated carbocycles. The minimum atomic E-state index is 0.466. The van der Waals surface area contributed by atoms with E-state index in [0.29, 0.717) is 17.8 Å². The molecule has 2 aromatic heterocycles. The van der Waals surface area contributed by atoms with Crippen LogP contribution in [0.3, 0.4) is 0 Å². The number of piperazine rings is 1. The fourth-order valence-electron chi connectivity index (χ4n) is 3.80. The van der Waals surface area contributed by atoms with Crippen molar-refractivity contribution in [3.8, 4) is 6.07 Å². The number of aromatic nitrogens is 3. The van der Waals surface area contributed by atoms with Crippen LogP contribution >= 0.6 is 11.8 Å². The molecule has 0 radical (unpaired) electrons. The van der Waals surface area contributed by atoms with Gasteiger partial charge in [-0.25, -0.2) is 15.0 Å². The second-order valence-electron chi connectivity index (χ2n) is 6.61. The molecule has 5 rings (SSSR count). The largest absolute Gasteiger partial charge is 0.361 e. The molecule has 2 atom stereocenters. The quantitative estimate of drug-likeness (QED) is 0.621. The van der Waals surface area contributed by atoms with Gasteiger partial charge in [0.2, 0.25) is 0 Å². The highest BCUT2D eigenvalue weighted by atomic mass is 32.2. The van der Waals surface area contributed by atoms with Gasteiger partial charge in [0.05, 0.1) is 11.9 Å². The van der Waals surface area contributed by atoms with Crippen molar-refractivity contribution in [2.45, 2.75) is 37.5 Å². The first-order valence-electron chi connectivity index (χ1n) is 8.39. The van der Waals surface area contributed by atoms with Gasteiger partial charge in [0.25, 0.3) is 0 Å². The Morgan fingerprint density at radius 1 is 1.20 bits per heavy atom. The first kappa shape index (κ1) is 16.2. The topological polar surface area (TPSA) is 68.9 Å². The summed E-state index contributed by atoms with van der Waals surface area (Å²) in [6.07, 6.45) is 5.04. The SMILES string of the molecule is CSc1nc(C)c(C)c(N2CC3CC(C2)N3c2ccc(C#N)nc2)n1. The number of rotatable bonds is 3. The average molecular weight is 352 g/mol. The maximum absolute atomic E-state index is 8.90. The molecule has 2 bridgehead atoms. The number of fused-ring (bicyclic) bond motifs is 2. The summed E-state index contributed by atoms with van der Waals surface area (Å²) in [5.41, 5.74) is 3.81. The molecule has 5 heterocycles. The van der Waals surface area contributed by atoms with Crippen LogP contribution in [0.2, 0.25) is 0 Å². The van der Waals surface area contributed by atoms with E-state index < -0.39 is 0 Å². The number of nitriles is 1. The molecule has 3 fully saturated rings. The number of hydrogen-bond donors (Lipinski definition) is 0. The van der Waals surface area contributed by atoms with Crippen LogP contribution in [0.1, 0.15) is 23.4 Å². The van der Waals surface area contributed by atoms with Crippen LogP contribution in [0.5, 0.6) is 0 Å². The number of thioether (sulfide) groups is 1. The van der Waals surface area contributed by atoms with E-state index in [1.54, 1.807) is 17.8 Å². The molecule has 0 spiro atoms. The van der Waals surface area contributed by atoms with Crippen molar-refractivity contribution in [1.29, 1.82) is 5.26 Å². The lowest BCUT2D eigenvalue weighted by Crippen LogP contribution is -2.69. The lowest BCUT2D eigenvalue weighted by molar-refractivity contribution is 0.289. The van der Waals surface area contributed by atoms with Crippen molar-refractivity contribution in [1.82, 2.24) is 15.0 Å². The van der Waals surface area contributed by atoms with Gasteiger partial charge in [-0.05, 0) is 38.7 Å². The van der Waals surface area contributed by atoms with Crippen LogP contribution in [0, 0.1) is 25.2 Å². The molecule has 3 aliphatic rings. The van der Waals surface area contributed by atoms with E-state index >= 15 is 0 Å². The monoisotopic (exact) mass is 352 g/mol. The molecule has 3 aliphatic heterocycles. The summed E-state index contributed by atoms with van der Waals surface area (Å²) < 4.78 is 0. The predicted molar refractivity (Wildman–Crippen MR) is 99.1 cm³/mol. The van der Waals surface area contributed by atoms with E-state index in [4.69, 9.17) is 10.2 Å². The third-order valence-electron chi connectivity index (χ3n) is 5.18. The van der Waals surface area contributed by atoms with Gasteiger partial charge in [-0.15, -0.1) is 0 Å². The van der Waals surface area contributed by atoms with Crippen LogP contribution in [0.25, 0.3) is 0 Å². The van der Waals surface area contributed by atoms with Crippen LogP contribution in [-0.2, 0) is 0 Å². The Labute approximate surface area is 151 Å². The number of aryl methyl sites for hydroxylation is 1. The van der Waals surface area contributed by atoms with Gasteiger partial charge in [0.1, 0.15) is 17.6 Å². The van der Waals surface area contributed by atoms with Crippen LogP contribution in [-0.4, -0.2) is 46.4 Å². The first-order valence-corrected chi connectivity index (χ1v) is 9.62. The van der Waals surface area contributed by atoms with Gasteiger partial charge in [-0.2, -0.15) is 5.26 Å². The third-order valence-corrected chi connectivity index (χ3v) is 5.73. The summed E-state index contributed by atoms with van der Waals surface area (Å²) in [6, 6.07) is 6.82. The molecule has 0 N–H and O–H groups in total. The third kappa shape index (κ3) is 2.71. The molecule has 2 unspecified atom stereocenters. The van der Waals surface area contributed by atoms with E-state index in [0.717, 1.165) is 35.4 Å². The van der Waals surface area contributed by atoms with Crippen LogP contribution in [0.15, 0.2) is 23.5 Å². The minimum Gasteiger partial charge on any atom is -0.361 e. The summed E-state index contributed by atoms with van der Waals surface area (Å²) in [4.78, 5) is 18.3. The van der Waals surface area contributed by atoms with Crippen molar-refractivity contribution in [3.05, 3.63) is 35.3 Å². The summed E-state index contributed by atoms with van der Waals surface area (Å²) in [7, 11) is 0. The predicted octanol–water partition coefficient (Wildman–Crippen LogP) is 2.55. The van der Waals surface area contributed by atoms with E-state index in [1.165, 1.54) is 12.0 Å². The first-order chi connectivity index (χ1) is 12.1. The molecular formula is C18H20N6S. The molecule has 3 saturated heterocycles. The fraction of sp³-hybridized carbons (Fsp3) is 0.444. The van der Waals surface area contributed by atoms with E-state index in [-0.39, 0.29) is 0 Å². The van der Waals surface area contributed by atoms with Gasteiger partial charge < -0.3 is 9.80 Å². The smallest absolute Gasteiger partial charge is 0.189 e. The maximum atomic E-state index is 8.90. The van der Waals surface area contributed by atoms with Crippen molar-refractivity contribution in [2.24, 2.45) is 0 Å². The van der Waals surface area contributed by atoms with Gasteiger partial charge in [0.15, 0.2) is 5.16 Å². The van der Waals surface area contributed by atoms with Gasteiger partial charge in [-0.3, -0.25) is 0 Å². The maximum Gasteiger partial charge on any atom is 0.189 e. The average Bonchev–Trinajstić information content (AvgIpc) is 2.64. The second kappa shape index (κ2) is 6.19. The Kier molecular flexibility index (Phi) is 4.00. The summed E-state index contributed by atoms with van der Waals surface area (Å²) in [5, 5.41) is 9.74. The molecule has 0 amide bonds. The Bertz CT molecular complexity index is 832. The van der Waals surface area contributed by atoms with Gasteiger partial charge in [-0.1, -0.05) is 11.8 Å². The molecule has 0 aliphatic carbocycles. The Hall–Kier alpha value is -2.33. The Balaban J connectivity index is 1.55. The minimum absolute atomic E-state index is 0.466. The summed E-state index contributed by atoms with van der Waals surface area (Å²) >= 11 is 1.59. The molecule has 25 heavy (non-hydrogen) atoms. The Morgan fingerprint density at radius 2 is 1.96 bits per heavy atom. The van der Waals surface area contributed by atoms with Crippen LogP contribution < -0.4 is 9.80 Å². The van der Waals surface area contributed by atoms with Crippen LogP contribution in [0.4, 0.5) is 11.5 Å². The van der Waals surface area contributed by atoms with E-state index in [1.807, 2.05) is 18.5 Å². The molecule has 2 aromatic rings. The Morgan fingerprint density at radius 3 is 2.56 bits per heavy atom. The van der Waals surface area contributed by atoms with E-state index in [2.05, 4.69) is 39.7 Å². The molecule has 6 nitrogen and oxygen atoms in total. The lowest BCUT2D eigenvalue weighted by atomic mass is 9.86. The number of anilines is 2. The molecule has 0 aromatic carbocycles. The molecule has 7 heteroatoms. The standard InChI is InChI=1S/C18H20N6S/c1-11-12(2)21-18(25-3)22-17(11)23-9-15-6-16(10-23)24(15)14-5-4-13(7-19)20-8-14/h4-5,8,15-16H,6,9-10H2,1-3H3. The molecular weight excluding hydrogens is 332 g/mol. The number of nitrogens with zero attached hydrogens (tertiary/aromatic N) is 6. The number of hydrogen-bond acceptors (Lipinski definition) is 7. The zero-order valence-electron chi connectivity index (χ0n) is 14.6. The summed E-state index contributed by atoms with van der Waals surface area (Å²) in [5.74, 6) is 1.07. The highest BCUT2D eigenvalue weighted by molar-refractivity contribution is 7.98.